The average Bonchev–Trinajstić information content (AvgIpc) is 3.17. The Hall–Kier alpha value is -1.70. The second kappa shape index (κ2) is 7.13. The summed E-state index contributed by atoms with van der Waals surface area (Å²) in [7, 11) is 2.41. The van der Waals surface area contributed by atoms with E-state index in [-0.39, 0.29) is 6.04 Å². The lowest BCUT2D eigenvalue weighted by molar-refractivity contribution is 0.384. The summed E-state index contributed by atoms with van der Waals surface area (Å²) in [6.07, 6.45) is 1.66. The average molecular weight is 377 g/mol. The summed E-state index contributed by atoms with van der Waals surface area (Å²) in [6.45, 7) is 5.26. The predicted molar refractivity (Wildman–Crippen MR) is 102 cm³/mol. The molecule has 0 bridgehead atoms. The molecule has 1 fully saturated rings. The maximum absolute atomic E-state index is 13.2. The van der Waals surface area contributed by atoms with Gasteiger partial charge in [-0.2, -0.15) is 9.40 Å². The topological polar surface area (TPSA) is 58.4 Å². The third-order valence-electron chi connectivity index (χ3n) is 5.10. The molecule has 2 aromatic rings. The van der Waals surface area contributed by atoms with Crippen molar-refractivity contribution in [2.24, 2.45) is 7.05 Å². The van der Waals surface area contributed by atoms with Gasteiger partial charge in [0.2, 0.25) is 10.0 Å². The fourth-order valence-corrected chi connectivity index (χ4v) is 5.25. The summed E-state index contributed by atoms with van der Waals surface area (Å²) < 4.78 is 29.9. The zero-order valence-electron chi connectivity index (χ0n) is 16.2. The molecule has 3 rings (SSSR count). The van der Waals surface area contributed by atoms with Crippen LogP contribution < -0.4 is 0 Å². The van der Waals surface area contributed by atoms with Crippen molar-refractivity contribution >= 4 is 10.0 Å². The quantitative estimate of drug-likeness (QED) is 0.805. The van der Waals surface area contributed by atoms with Crippen LogP contribution in [-0.2, 0) is 23.6 Å². The Bertz CT molecular complexity index is 902. The minimum Gasteiger partial charge on any atom is -0.304 e. The van der Waals surface area contributed by atoms with Crippen LogP contribution in [0.15, 0.2) is 29.2 Å². The first-order valence-electron chi connectivity index (χ1n) is 8.97. The highest BCUT2D eigenvalue weighted by Crippen LogP contribution is 2.36. The van der Waals surface area contributed by atoms with Crippen molar-refractivity contribution in [3.8, 4) is 0 Å². The first-order valence-corrected chi connectivity index (χ1v) is 10.4. The van der Waals surface area contributed by atoms with Gasteiger partial charge in [-0.1, -0.05) is 6.07 Å². The Morgan fingerprint density at radius 2 is 1.92 bits per heavy atom. The van der Waals surface area contributed by atoms with Crippen molar-refractivity contribution in [3.05, 3.63) is 46.8 Å². The highest BCUT2D eigenvalue weighted by molar-refractivity contribution is 7.89. The zero-order chi connectivity index (χ0) is 19.1. The molecule has 0 saturated carbocycles. The molecule has 26 heavy (non-hydrogen) atoms. The van der Waals surface area contributed by atoms with Crippen LogP contribution in [0.3, 0.4) is 0 Å². The van der Waals surface area contributed by atoms with Gasteiger partial charge in [-0.3, -0.25) is 4.68 Å². The molecule has 0 N–H and O–H groups in total. The van der Waals surface area contributed by atoms with Gasteiger partial charge < -0.3 is 4.90 Å². The first kappa shape index (κ1) is 19.1. The van der Waals surface area contributed by atoms with E-state index < -0.39 is 10.0 Å². The number of aryl methyl sites for hydroxylation is 3. The maximum Gasteiger partial charge on any atom is 0.243 e. The van der Waals surface area contributed by atoms with Gasteiger partial charge in [-0.15, -0.1) is 0 Å². The highest BCUT2D eigenvalue weighted by atomic mass is 32.2. The van der Waals surface area contributed by atoms with Crippen LogP contribution >= 0.6 is 0 Å². The third-order valence-corrected chi connectivity index (χ3v) is 7.01. The van der Waals surface area contributed by atoms with Crippen LogP contribution in [0.5, 0.6) is 0 Å². The lowest BCUT2D eigenvalue weighted by Gasteiger charge is -2.23. The summed E-state index contributed by atoms with van der Waals surface area (Å²) in [5.74, 6) is 0. The monoisotopic (exact) mass is 376 g/mol. The van der Waals surface area contributed by atoms with E-state index in [1.165, 1.54) is 0 Å². The number of sulfonamides is 1. The van der Waals surface area contributed by atoms with E-state index in [1.54, 1.807) is 16.4 Å². The summed E-state index contributed by atoms with van der Waals surface area (Å²) in [6, 6.07) is 7.21. The van der Waals surface area contributed by atoms with Gasteiger partial charge in [0.05, 0.1) is 22.3 Å². The summed E-state index contributed by atoms with van der Waals surface area (Å²) in [5.41, 5.74) is 4.02. The molecule has 1 atom stereocenters. The Morgan fingerprint density at radius 1 is 1.19 bits per heavy atom. The molecule has 1 saturated heterocycles. The number of hydrogen-bond donors (Lipinski definition) is 0. The molecular formula is C19H28N4O2S. The molecule has 0 radical (unpaired) electrons. The number of hydrogen-bond acceptors (Lipinski definition) is 4. The summed E-state index contributed by atoms with van der Waals surface area (Å²) in [4.78, 5) is 2.45. The van der Waals surface area contributed by atoms with Gasteiger partial charge in [-0.05, 0) is 70.1 Å². The molecule has 1 unspecified atom stereocenters. The van der Waals surface area contributed by atoms with Gasteiger partial charge in [0.15, 0.2) is 0 Å². The number of nitrogens with zero attached hydrogens (tertiary/aromatic N) is 4. The van der Waals surface area contributed by atoms with Crippen molar-refractivity contribution in [1.29, 1.82) is 0 Å². The van der Waals surface area contributed by atoms with Crippen molar-refractivity contribution in [3.63, 3.8) is 0 Å². The SMILES string of the molecule is Cc1ccc(S(=O)(=O)N2CCCC2c2cc(CN(C)C)n(C)n2)cc1C. The van der Waals surface area contributed by atoms with Crippen molar-refractivity contribution in [1.82, 2.24) is 19.0 Å². The Balaban J connectivity index is 1.93. The van der Waals surface area contributed by atoms with Crippen LogP contribution in [0, 0.1) is 13.8 Å². The molecule has 0 aliphatic carbocycles. The van der Waals surface area contributed by atoms with Crippen molar-refractivity contribution in [2.45, 2.75) is 44.2 Å². The zero-order valence-corrected chi connectivity index (χ0v) is 17.0. The molecular weight excluding hydrogens is 348 g/mol. The fourth-order valence-electron chi connectivity index (χ4n) is 3.50. The maximum atomic E-state index is 13.2. The largest absolute Gasteiger partial charge is 0.304 e. The molecule has 0 spiro atoms. The van der Waals surface area contributed by atoms with Gasteiger partial charge in [0.25, 0.3) is 0 Å². The smallest absolute Gasteiger partial charge is 0.243 e. The number of rotatable bonds is 5. The molecule has 7 heteroatoms. The predicted octanol–water partition coefficient (Wildman–Crippen LogP) is 2.62. The van der Waals surface area contributed by atoms with E-state index >= 15 is 0 Å². The second-order valence-corrected chi connectivity index (χ2v) is 9.33. The van der Waals surface area contributed by atoms with Gasteiger partial charge >= 0.3 is 0 Å². The van der Waals surface area contributed by atoms with Crippen LogP contribution in [0.25, 0.3) is 0 Å². The van der Waals surface area contributed by atoms with Crippen LogP contribution in [0.1, 0.15) is 41.4 Å². The molecule has 6 nitrogen and oxygen atoms in total. The van der Waals surface area contributed by atoms with Crippen LogP contribution in [0.4, 0.5) is 0 Å². The lowest BCUT2D eigenvalue weighted by Crippen LogP contribution is -2.31. The second-order valence-electron chi connectivity index (χ2n) is 7.44. The van der Waals surface area contributed by atoms with E-state index in [2.05, 4.69) is 10.00 Å². The number of aromatic nitrogens is 2. The van der Waals surface area contributed by atoms with Gasteiger partial charge in [-0.25, -0.2) is 8.42 Å². The van der Waals surface area contributed by atoms with Crippen LogP contribution in [-0.4, -0.2) is 48.0 Å². The fraction of sp³-hybridized carbons (Fsp3) is 0.526. The molecule has 1 aliphatic rings. The Morgan fingerprint density at radius 3 is 2.58 bits per heavy atom. The molecule has 2 heterocycles. The molecule has 0 amide bonds. The van der Waals surface area contributed by atoms with Crippen LogP contribution in [0.2, 0.25) is 0 Å². The van der Waals surface area contributed by atoms with Crippen molar-refractivity contribution in [2.75, 3.05) is 20.6 Å². The van der Waals surface area contributed by atoms with Gasteiger partial charge in [0, 0.05) is 20.1 Å². The Kier molecular flexibility index (Phi) is 5.23. The minimum absolute atomic E-state index is 0.191. The summed E-state index contributed by atoms with van der Waals surface area (Å²) in [5, 5.41) is 4.62. The molecule has 1 aromatic heterocycles. The minimum atomic E-state index is -3.53. The number of benzene rings is 1. The van der Waals surface area contributed by atoms with Gasteiger partial charge in [0.1, 0.15) is 0 Å². The normalized spacial score (nSPS) is 18.8. The van der Waals surface area contributed by atoms with E-state index in [0.29, 0.717) is 11.4 Å². The molecule has 1 aliphatic heterocycles. The molecule has 142 valence electrons. The van der Waals surface area contributed by atoms with E-state index in [4.69, 9.17) is 0 Å². The highest BCUT2D eigenvalue weighted by Gasteiger charge is 2.37. The standard InChI is InChI=1S/C19H28N4O2S/c1-14-8-9-17(11-15(14)2)26(24,25)23-10-6-7-19(23)18-12-16(13-21(3)4)22(5)20-18/h8-9,11-12,19H,6-7,10,13H2,1-5H3. The molecule has 1 aromatic carbocycles. The lowest BCUT2D eigenvalue weighted by atomic mass is 10.1. The van der Waals surface area contributed by atoms with E-state index in [9.17, 15) is 8.42 Å². The summed E-state index contributed by atoms with van der Waals surface area (Å²) >= 11 is 0. The van der Waals surface area contributed by atoms with E-state index in [1.807, 2.05) is 51.8 Å². The first-order chi connectivity index (χ1) is 12.2. The van der Waals surface area contributed by atoms with Crippen molar-refractivity contribution < 1.29 is 8.42 Å². The Labute approximate surface area is 156 Å². The third kappa shape index (κ3) is 3.56. The van der Waals surface area contributed by atoms with E-state index in [0.717, 1.165) is 41.9 Å².